The van der Waals surface area contributed by atoms with Crippen LogP contribution in [0.3, 0.4) is 0 Å². The highest BCUT2D eigenvalue weighted by Gasteiger charge is 2.01. The molecule has 0 aliphatic heterocycles. The Balaban J connectivity index is 2.47. The summed E-state index contributed by atoms with van der Waals surface area (Å²) in [5.41, 5.74) is 4.04. The van der Waals surface area contributed by atoms with Gasteiger partial charge in [-0.15, -0.1) is 0 Å². The predicted octanol–water partition coefficient (Wildman–Crippen LogP) is 2.43. The van der Waals surface area contributed by atoms with Crippen LogP contribution in [0.15, 0.2) is 18.2 Å². The van der Waals surface area contributed by atoms with Gasteiger partial charge in [-0.2, -0.15) is 0 Å². The Kier molecular flexibility index (Phi) is 4.79. The van der Waals surface area contributed by atoms with Gasteiger partial charge in [-0.25, -0.2) is 0 Å². The molecule has 1 aromatic carbocycles. The third-order valence-corrected chi connectivity index (χ3v) is 2.64. The van der Waals surface area contributed by atoms with Crippen molar-refractivity contribution in [1.82, 2.24) is 5.32 Å². The maximum absolute atomic E-state index is 5.07. The summed E-state index contributed by atoms with van der Waals surface area (Å²) in [7, 11) is 1.73. The van der Waals surface area contributed by atoms with Crippen LogP contribution in [0, 0.1) is 13.8 Å². The van der Waals surface area contributed by atoms with E-state index in [0.717, 1.165) is 13.2 Å². The largest absolute Gasteiger partial charge is 0.383 e. The molecule has 2 heteroatoms. The molecule has 0 bridgehead atoms. The Hall–Kier alpha value is -0.860. The standard InChI is InChI=1S/C13H21NO/c1-10-5-6-13(7-11(10)2)8-14-12(3)9-15-4/h5-7,12,14H,8-9H2,1-4H3/t12-/m0/s1. The first-order chi connectivity index (χ1) is 7.13. The minimum Gasteiger partial charge on any atom is -0.383 e. The van der Waals surface area contributed by atoms with Crippen LogP contribution in [-0.4, -0.2) is 19.8 Å². The highest BCUT2D eigenvalue weighted by Crippen LogP contribution is 2.09. The number of hydrogen-bond acceptors (Lipinski definition) is 2. The summed E-state index contributed by atoms with van der Waals surface area (Å²) in [6.45, 7) is 8.08. The van der Waals surface area contributed by atoms with E-state index in [0.29, 0.717) is 6.04 Å². The van der Waals surface area contributed by atoms with E-state index < -0.39 is 0 Å². The molecule has 0 fully saturated rings. The van der Waals surface area contributed by atoms with E-state index in [4.69, 9.17) is 4.74 Å². The van der Waals surface area contributed by atoms with Gasteiger partial charge >= 0.3 is 0 Å². The van der Waals surface area contributed by atoms with Crippen LogP contribution in [0.4, 0.5) is 0 Å². The molecule has 15 heavy (non-hydrogen) atoms. The van der Waals surface area contributed by atoms with Crippen molar-refractivity contribution < 1.29 is 4.74 Å². The molecule has 0 spiro atoms. The van der Waals surface area contributed by atoms with E-state index in [1.165, 1.54) is 16.7 Å². The second-order valence-electron chi connectivity index (χ2n) is 4.16. The van der Waals surface area contributed by atoms with Gasteiger partial charge in [-0.3, -0.25) is 0 Å². The van der Waals surface area contributed by atoms with Crippen molar-refractivity contribution in [2.75, 3.05) is 13.7 Å². The summed E-state index contributed by atoms with van der Waals surface area (Å²) in [5, 5.41) is 3.42. The number of methoxy groups -OCH3 is 1. The number of benzene rings is 1. The molecule has 1 rings (SSSR count). The summed E-state index contributed by atoms with van der Waals surface area (Å²) < 4.78 is 5.07. The smallest absolute Gasteiger partial charge is 0.0613 e. The molecule has 0 heterocycles. The second kappa shape index (κ2) is 5.89. The molecule has 0 radical (unpaired) electrons. The third kappa shape index (κ3) is 4.02. The Morgan fingerprint density at radius 1 is 1.27 bits per heavy atom. The van der Waals surface area contributed by atoms with E-state index in [-0.39, 0.29) is 0 Å². The van der Waals surface area contributed by atoms with Crippen molar-refractivity contribution in [2.24, 2.45) is 0 Å². The fourth-order valence-corrected chi connectivity index (χ4v) is 1.51. The molecular weight excluding hydrogens is 186 g/mol. The monoisotopic (exact) mass is 207 g/mol. The molecule has 0 aromatic heterocycles. The fraction of sp³-hybridized carbons (Fsp3) is 0.538. The molecule has 1 atom stereocenters. The number of nitrogens with one attached hydrogen (secondary N) is 1. The molecule has 0 saturated carbocycles. The highest BCUT2D eigenvalue weighted by atomic mass is 16.5. The van der Waals surface area contributed by atoms with E-state index in [1.54, 1.807) is 7.11 Å². The zero-order valence-corrected chi connectivity index (χ0v) is 10.1. The van der Waals surface area contributed by atoms with Gasteiger partial charge < -0.3 is 10.1 Å². The zero-order chi connectivity index (χ0) is 11.3. The maximum atomic E-state index is 5.07. The quantitative estimate of drug-likeness (QED) is 0.800. The van der Waals surface area contributed by atoms with Crippen LogP contribution < -0.4 is 5.32 Å². The Morgan fingerprint density at radius 3 is 2.60 bits per heavy atom. The van der Waals surface area contributed by atoms with Gasteiger partial charge in [0.05, 0.1) is 6.61 Å². The zero-order valence-electron chi connectivity index (χ0n) is 10.1. The van der Waals surface area contributed by atoms with Crippen molar-refractivity contribution in [3.63, 3.8) is 0 Å². The van der Waals surface area contributed by atoms with E-state index >= 15 is 0 Å². The van der Waals surface area contributed by atoms with Crippen molar-refractivity contribution in [3.05, 3.63) is 34.9 Å². The molecular formula is C13H21NO. The summed E-state index contributed by atoms with van der Waals surface area (Å²) in [6.07, 6.45) is 0. The molecule has 0 unspecified atom stereocenters. The molecule has 2 nitrogen and oxygen atoms in total. The van der Waals surface area contributed by atoms with Crippen molar-refractivity contribution in [2.45, 2.75) is 33.4 Å². The maximum Gasteiger partial charge on any atom is 0.0613 e. The first-order valence-electron chi connectivity index (χ1n) is 5.42. The van der Waals surface area contributed by atoms with Gasteiger partial charge in [0.1, 0.15) is 0 Å². The lowest BCUT2D eigenvalue weighted by Crippen LogP contribution is -2.29. The number of ether oxygens (including phenoxy) is 1. The highest BCUT2D eigenvalue weighted by molar-refractivity contribution is 5.29. The molecule has 0 aliphatic carbocycles. The minimum absolute atomic E-state index is 0.400. The predicted molar refractivity (Wildman–Crippen MR) is 64.1 cm³/mol. The summed E-state index contributed by atoms with van der Waals surface area (Å²) >= 11 is 0. The Morgan fingerprint density at radius 2 is 2.00 bits per heavy atom. The van der Waals surface area contributed by atoms with Crippen LogP contribution >= 0.6 is 0 Å². The lowest BCUT2D eigenvalue weighted by Gasteiger charge is -2.13. The van der Waals surface area contributed by atoms with Crippen molar-refractivity contribution in [1.29, 1.82) is 0 Å². The van der Waals surface area contributed by atoms with Crippen LogP contribution in [0.25, 0.3) is 0 Å². The molecule has 0 amide bonds. The van der Waals surface area contributed by atoms with Gasteiger partial charge in [0.25, 0.3) is 0 Å². The lowest BCUT2D eigenvalue weighted by atomic mass is 10.1. The Bertz CT molecular complexity index is 309. The van der Waals surface area contributed by atoms with Crippen LogP contribution in [0.5, 0.6) is 0 Å². The van der Waals surface area contributed by atoms with Crippen LogP contribution in [0.1, 0.15) is 23.6 Å². The molecule has 84 valence electrons. The van der Waals surface area contributed by atoms with Gasteiger partial charge in [0.15, 0.2) is 0 Å². The minimum atomic E-state index is 0.400. The number of hydrogen-bond donors (Lipinski definition) is 1. The normalized spacial score (nSPS) is 12.8. The molecule has 1 aromatic rings. The third-order valence-electron chi connectivity index (χ3n) is 2.64. The van der Waals surface area contributed by atoms with Gasteiger partial charge in [-0.1, -0.05) is 18.2 Å². The topological polar surface area (TPSA) is 21.3 Å². The van der Waals surface area contributed by atoms with Crippen LogP contribution in [-0.2, 0) is 11.3 Å². The van der Waals surface area contributed by atoms with Gasteiger partial charge in [0, 0.05) is 19.7 Å². The van der Waals surface area contributed by atoms with E-state index in [9.17, 15) is 0 Å². The number of rotatable bonds is 5. The lowest BCUT2D eigenvalue weighted by molar-refractivity contribution is 0.171. The SMILES string of the molecule is COC[C@H](C)NCc1ccc(C)c(C)c1. The van der Waals surface area contributed by atoms with E-state index in [1.807, 2.05) is 0 Å². The van der Waals surface area contributed by atoms with E-state index in [2.05, 4.69) is 44.3 Å². The molecule has 0 aliphatic rings. The van der Waals surface area contributed by atoms with Crippen molar-refractivity contribution in [3.8, 4) is 0 Å². The first kappa shape index (κ1) is 12.2. The summed E-state index contributed by atoms with van der Waals surface area (Å²) in [6, 6.07) is 6.99. The Labute approximate surface area is 92.6 Å². The second-order valence-corrected chi connectivity index (χ2v) is 4.16. The summed E-state index contributed by atoms with van der Waals surface area (Å²) in [5.74, 6) is 0. The number of aryl methyl sites for hydroxylation is 2. The summed E-state index contributed by atoms with van der Waals surface area (Å²) in [4.78, 5) is 0. The van der Waals surface area contributed by atoms with Gasteiger partial charge in [-0.05, 0) is 37.5 Å². The van der Waals surface area contributed by atoms with Crippen molar-refractivity contribution >= 4 is 0 Å². The van der Waals surface area contributed by atoms with Crippen LogP contribution in [0.2, 0.25) is 0 Å². The van der Waals surface area contributed by atoms with Gasteiger partial charge in [0.2, 0.25) is 0 Å². The molecule has 0 saturated heterocycles. The average Bonchev–Trinajstić information content (AvgIpc) is 2.20. The molecule has 1 N–H and O–H groups in total. The first-order valence-corrected chi connectivity index (χ1v) is 5.42. The fourth-order valence-electron chi connectivity index (χ4n) is 1.51. The average molecular weight is 207 g/mol.